The zero-order chi connectivity index (χ0) is 13.2. The summed E-state index contributed by atoms with van der Waals surface area (Å²) in [6.07, 6.45) is 1.19. The molecule has 0 spiro atoms. The van der Waals surface area contributed by atoms with E-state index in [-0.39, 0.29) is 5.54 Å². The Labute approximate surface area is 107 Å². The number of aliphatic imine (C=N–C) groups is 1. The largest absolute Gasteiger partial charge is 0.496 e. The number of hydrogen-bond donors (Lipinski definition) is 0. The van der Waals surface area contributed by atoms with Gasteiger partial charge in [-0.05, 0) is 19.9 Å². The fourth-order valence-corrected chi connectivity index (χ4v) is 1.97. The SMILES string of the molecule is COc1c(CC=O)cccc1C1=NC(C)(C)CO1. The fourth-order valence-electron chi connectivity index (χ4n) is 1.97. The van der Waals surface area contributed by atoms with Gasteiger partial charge in [0.2, 0.25) is 5.90 Å². The number of para-hydroxylation sites is 1. The van der Waals surface area contributed by atoms with Gasteiger partial charge in [0.15, 0.2) is 0 Å². The molecule has 0 aliphatic carbocycles. The van der Waals surface area contributed by atoms with Gasteiger partial charge in [0.05, 0.1) is 18.2 Å². The van der Waals surface area contributed by atoms with Crippen molar-refractivity contribution in [2.24, 2.45) is 4.99 Å². The number of carbonyl (C=O) groups is 1. The summed E-state index contributed by atoms with van der Waals surface area (Å²) in [6, 6.07) is 5.65. The smallest absolute Gasteiger partial charge is 0.220 e. The van der Waals surface area contributed by atoms with E-state index in [0.717, 1.165) is 17.4 Å². The molecule has 0 radical (unpaired) electrons. The van der Waals surface area contributed by atoms with Gasteiger partial charge in [0, 0.05) is 12.0 Å². The van der Waals surface area contributed by atoms with E-state index in [0.29, 0.717) is 24.7 Å². The van der Waals surface area contributed by atoms with Gasteiger partial charge in [-0.1, -0.05) is 12.1 Å². The number of carbonyl (C=O) groups excluding carboxylic acids is 1. The summed E-state index contributed by atoms with van der Waals surface area (Å²) < 4.78 is 11.0. The van der Waals surface area contributed by atoms with Crippen LogP contribution in [0.25, 0.3) is 0 Å². The third kappa shape index (κ3) is 2.37. The predicted molar refractivity (Wildman–Crippen MR) is 69.3 cm³/mol. The molecule has 1 aliphatic rings. The average Bonchev–Trinajstić information content (AvgIpc) is 2.70. The first-order valence-corrected chi connectivity index (χ1v) is 5.90. The van der Waals surface area contributed by atoms with Gasteiger partial charge in [-0.3, -0.25) is 0 Å². The maximum atomic E-state index is 10.7. The lowest BCUT2D eigenvalue weighted by Crippen LogP contribution is -2.17. The third-order valence-corrected chi connectivity index (χ3v) is 2.80. The zero-order valence-electron chi connectivity index (χ0n) is 10.9. The van der Waals surface area contributed by atoms with E-state index in [1.807, 2.05) is 32.0 Å². The Bertz CT molecular complexity index is 492. The van der Waals surface area contributed by atoms with Crippen molar-refractivity contribution in [1.82, 2.24) is 0 Å². The molecule has 96 valence electrons. The Balaban J connectivity index is 2.45. The van der Waals surface area contributed by atoms with Crippen LogP contribution in [0.3, 0.4) is 0 Å². The Morgan fingerprint density at radius 2 is 2.28 bits per heavy atom. The molecule has 4 nitrogen and oxygen atoms in total. The van der Waals surface area contributed by atoms with Crippen LogP contribution < -0.4 is 4.74 Å². The molecule has 0 fully saturated rings. The van der Waals surface area contributed by atoms with E-state index in [1.165, 1.54) is 0 Å². The third-order valence-electron chi connectivity index (χ3n) is 2.80. The van der Waals surface area contributed by atoms with Crippen molar-refractivity contribution in [1.29, 1.82) is 0 Å². The molecule has 0 saturated heterocycles. The Kier molecular flexibility index (Phi) is 3.36. The maximum Gasteiger partial charge on any atom is 0.220 e. The van der Waals surface area contributed by atoms with Gasteiger partial charge >= 0.3 is 0 Å². The minimum Gasteiger partial charge on any atom is -0.496 e. The van der Waals surface area contributed by atoms with Crippen molar-refractivity contribution in [3.8, 4) is 5.75 Å². The average molecular weight is 247 g/mol. The summed E-state index contributed by atoms with van der Waals surface area (Å²) in [5, 5.41) is 0. The van der Waals surface area contributed by atoms with E-state index in [4.69, 9.17) is 9.47 Å². The molecule has 1 aliphatic heterocycles. The summed E-state index contributed by atoms with van der Waals surface area (Å²) >= 11 is 0. The molecule has 0 bridgehead atoms. The van der Waals surface area contributed by atoms with Gasteiger partial charge in [0.1, 0.15) is 18.6 Å². The second-order valence-corrected chi connectivity index (χ2v) is 4.89. The van der Waals surface area contributed by atoms with Crippen molar-refractivity contribution in [3.05, 3.63) is 29.3 Å². The van der Waals surface area contributed by atoms with Crippen LogP contribution in [0, 0.1) is 0 Å². The summed E-state index contributed by atoms with van der Waals surface area (Å²) in [6.45, 7) is 4.59. The molecule has 1 aromatic rings. The Morgan fingerprint density at radius 1 is 1.50 bits per heavy atom. The van der Waals surface area contributed by atoms with Gasteiger partial charge < -0.3 is 14.3 Å². The molecule has 0 atom stereocenters. The lowest BCUT2D eigenvalue weighted by molar-refractivity contribution is -0.107. The highest BCUT2D eigenvalue weighted by atomic mass is 16.5. The van der Waals surface area contributed by atoms with E-state index in [1.54, 1.807) is 7.11 Å². The molecular weight excluding hydrogens is 230 g/mol. The van der Waals surface area contributed by atoms with Crippen LogP contribution >= 0.6 is 0 Å². The molecule has 1 heterocycles. The van der Waals surface area contributed by atoms with Crippen molar-refractivity contribution in [3.63, 3.8) is 0 Å². The van der Waals surface area contributed by atoms with Gasteiger partial charge in [-0.2, -0.15) is 0 Å². The normalized spacial score (nSPS) is 16.9. The predicted octanol–water partition coefficient (Wildman–Crippen LogP) is 1.99. The number of methoxy groups -OCH3 is 1. The minimum atomic E-state index is -0.207. The van der Waals surface area contributed by atoms with Crippen LogP contribution in [0.15, 0.2) is 23.2 Å². The van der Waals surface area contributed by atoms with Crippen molar-refractivity contribution < 1.29 is 14.3 Å². The molecular formula is C14H17NO3. The van der Waals surface area contributed by atoms with Gasteiger partial charge in [-0.15, -0.1) is 0 Å². The Hall–Kier alpha value is -1.84. The molecule has 2 rings (SSSR count). The number of hydrogen-bond acceptors (Lipinski definition) is 4. The zero-order valence-corrected chi connectivity index (χ0v) is 10.9. The first-order chi connectivity index (χ1) is 8.57. The lowest BCUT2D eigenvalue weighted by Gasteiger charge is -2.11. The summed E-state index contributed by atoms with van der Waals surface area (Å²) in [7, 11) is 1.59. The second-order valence-electron chi connectivity index (χ2n) is 4.89. The first kappa shape index (κ1) is 12.6. The first-order valence-electron chi connectivity index (χ1n) is 5.90. The van der Waals surface area contributed by atoms with Crippen molar-refractivity contribution in [2.45, 2.75) is 25.8 Å². The molecule has 1 aromatic carbocycles. The van der Waals surface area contributed by atoms with Crippen LogP contribution in [-0.4, -0.2) is 31.4 Å². The molecule has 0 N–H and O–H groups in total. The van der Waals surface area contributed by atoms with Crippen LogP contribution in [0.5, 0.6) is 5.75 Å². The molecule has 4 heteroatoms. The number of benzene rings is 1. The van der Waals surface area contributed by atoms with E-state index < -0.39 is 0 Å². The standard InChI is InChI=1S/C14H17NO3/c1-14(2)9-18-13(15-14)11-6-4-5-10(7-8-16)12(11)17-3/h4-6,8H,7,9H2,1-3H3. The number of ether oxygens (including phenoxy) is 2. The molecule has 18 heavy (non-hydrogen) atoms. The maximum absolute atomic E-state index is 10.7. The van der Waals surface area contributed by atoms with Crippen LogP contribution in [0.1, 0.15) is 25.0 Å². The van der Waals surface area contributed by atoms with E-state index >= 15 is 0 Å². The van der Waals surface area contributed by atoms with E-state index in [2.05, 4.69) is 4.99 Å². The van der Waals surface area contributed by atoms with Crippen LogP contribution in [0.2, 0.25) is 0 Å². The summed E-state index contributed by atoms with van der Waals surface area (Å²) in [4.78, 5) is 15.2. The lowest BCUT2D eigenvalue weighted by atomic mass is 10.1. The van der Waals surface area contributed by atoms with Crippen LogP contribution in [-0.2, 0) is 16.0 Å². The Morgan fingerprint density at radius 3 is 2.83 bits per heavy atom. The fraction of sp³-hybridized carbons (Fsp3) is 0.429. The van der Waals surface area contributed by atoms with Crippen molar-refractivity contribution >= 4 is 12.2 Å². The quantitative estimate of drug-likeness (QED) is 0.764. The second kappa shape index (κ2) is 4.80. The molecule has 0 unspecified atom stereocenters. The highest BCUT2D eigenvalue weighted by Gasteiger charge is 2.29. The molecule has 0 aromatic heterocycles. The summed E-state index contributed by atoms with van der Waals surface area (Å²) in [5.74, 6) is 1.26. The monoisotopic (exact) mass is 247 g/mol. The van der Waals surface area contributed by atoms with Gasteiger partial charge in [-0.25, -0.2) is 4.99 Å². The van der Waals surface area contributed by atoms with Crippen LogP contribution in [0.4, 0.5) is 0 Å². The highest BCUT2D eigenvalue weighted by molar-refractivity contribution is 5.98. The topological polar surface area (TPSA) is 47.9 Å². The van der Waals surface area contributed by atoms with E-state index in [9.17, 15) is 4.79 Å². The number of aldehydes is 1. The number of nitrogens with zero attached hydrogens (tertiary/aromatic N) is 1. The number of rotatable bonds is 4. The van der Waals surface area contributed by atoms with Gasteiger partial charge in [0.25, 0.3) is 0 Å². The minimum absolute atomic E-state index is 0.207. The molecule has 0 saturated carbocycles. The highest BCUT2D eigenvalue weighted by Crippen LogP contribution is 2.29. The van der Waals surface area contributed by atoms with Crippen molar-refractivity contribution in [2.75, 3.05) is 13.7 Å². The summed E-state index contributed by atoms with van der Waals surface area (Å²) in [5.41, 5.74) is 1.45. The molecule has 0 amide bonds.